The minimum Gasteiger partial charge on any atom is -0.494 e. The quantitative estimate of drug-likeness (QED) is 0.373. The summed E-state index contributed by atoms with van der Waals surface area (Å²) in [6.45, 7) is 6.65. The highest BCUT2D eigenvalue weighted by molar-refractivity contribution is 6.00. The van der Waals surface area contributed by atoms with Gasteiger partial charge < -0.3 is 18.9 Å². The van der Waals surface area contributed by atoms with Gasteiger partial charge in [-0.3, -0.25) is 4.79 Å². The summed E-state index contributed by atoms with van der Waals surface area (Å²) in [6, 6.07) is 20.7. The Morgan fingerprint density at radius 3 is 2.52 bits per heavy atom. The summed E-state index contributed by atoms with van der Waals surface area (Å²) in [5.41, 5.74) is 1.91. The molecule has 0 amide bonds. The maximum absolute atomic E-state index is 13.1. The Hall–Kier alpha value is -3.73. The molecule has 33 heavy (non-hydrogen) atoms. The van der Waals surface area contributed by atoms with Gasteiger partial charge in [-0.2, -0.15) is 0 Å². The van der Waals surface area contributed by atoms with Gasteiger partial charge in [-0.1, -0.05) is 36.4 Å². The summed E-state index contributed by atoms with van der Waals surface area (Å²) in [5, 5.41) is 0. The van der Waals surface area contributed by atoms with E-state index in [1.165, 1.54) is 0 Å². The van der Waals surface area contributed by atoms with Crippen molar-refractivity contribution in [2.75, 3.05) is 13.2 Å². The molecule has 0 unspecified atom stereocenters. The van der Waals surface area contributed by atoms with Gasteiger partial charge in [0, 0.05) is 6.07 Å². The zero-order valence-electron chi connectivity index (χ0n) is 19.2. The Balaban J connectivity index is 1.51. The van der Waals surface area contributed by atoms with Gasteiger partial charge in [0.2, 0.25) is 5.78 Å². The van der Waals surface area contributed by atoms with Crippen molar-refractivity contribution in [2.24, 2.45) is 0 Å². The maximum Gasteiger partial charge on any atom is 0.203 e. The van der Waals surface area contributed by atoms with E-state index in [1.807, 2.05) is 81.5 Å². The molecule has 5 heteroatoms. The Labute approximate surface area is 194 Å². The average Bonchev–Trinajstić information content (AvgIpc) is 2.81. The van der Waals surface area contributed by atoms with E-state index in [9.17, 15) is 4.79 Å². The van der Waals surface area contributed by atoms with Crippen LogP contribution >= 0.6 is 0 Å². The van der Waals surface area contributed by atoms with Gasteiger partial charge in [-0.25, -0.2) is 0 Å². The zero-order valence-corrected chi connectivity index (χ0v) is 19.2. The van der Waals surface area contributed by atoms with Crippen molar-refractivity contribution in [2.45, 2.75) is 33.0 Å². The van der Waals surface area contributed by atoms with Crippen LogP contribution in [0.1, 0.15) is 42.3 Å². The van der Waals surface area contributed by atoms with E-state index < -0.39 is 0 Å². The summed E-state index contributed by atoms with van der Waals surface area (Å²) < 4.78 is 23.5. The Bertz CT molecular complexity index is 1150. The lowest BCUT2D eigenvalue weighted by Gasteiger charge is -2.28. The van der Waals surface area contributed by atoms with Gasteiger partial charge in [-0.15, -0.1) is 0 Å². The molecule has 170 valence electrons. The third kappa shape index (κ3) is 5.55. The summed E-state index contributed by atoms with van der Waals surface area (Å²) in [4.78, 5) is 13.1. The van der Waals surface area contributed by atoms with Crippen molar-refractivity contribution >= 4 is 11.9 Å². The first-order chi connectivity index (χ1) is 15.9. The minimum atomic E-state index is -0.380. The fraction of sp³-hybridized carbons (Fsp3) is 0.250. The summed E-state index contributed by atoms with van der Waals surface area (Å²) in [7, 11) is 0. The second kappa shape index (κ2) is 9.82. The SMILES string of the molecule is CCOc1ccc(C(=O)COc2cccc3c2C=CC(C)(C)O3)c(OCc2ccccc2)c1. The van der Waals surface area contributed by atoms with E-state index in [1.54, 1.807) is 18.2 Å². The highest BCUT2D eigenvalue weighted by Gasteiger charge is 2.24. The third-order valence-electron chi connectivity index (χ3n) is 5.21. The third-order valence-corrected chi connectivity index (χ3v) is 5.21. The highest BCUT2D eigenvalue weighted by atomic mass is 16.5. The molecule has 0 saturated heterocycles. The second-order valence-corrected chi connectivity index (χ2v) is 8.28. The van der Waals surface area contributed by atoms with Crippen LogP contribution in [0.2, 0.25) is 0 Å². The number of ether oxygens (including phenoxy) is 4. The summed E-state index contributed by atoms with van der Waals surface area (Å²) in [5.74, 6) is 2.28. The minimum absolute atomic E-state index is 0.122. The molecule has 0 atom stereocenters. The largest absolute Gasteiger partial charge is 0.494 e. The smallest absolute Gasteiger partial charge is 0.203 e. The number of hydrogen-bond acceptors (Lipinski definition) is 5. The fourth-order valence-corrected chi connectivity index (χ4v) is 3.57. The first-order valence-electron chi connectivity index (χ1n) is 11.1. The van der Waals surface area contributed by atoms with Gasteiger partial charge in [0.05, 0.1) is 17.7 Å². The summed E-state index contributed by atoms with van der Waals surface area (Å²) in [6.07, 6.45) is 3.95. The molecule has 0 aromatic heterocycles. The Morgan fingerprint density at radius 1 is 0.909 bits per heavy atom. The number of carbonyl (C=O) groups is 1. The number of ketones is 1. The van der Waals surface area contributed by atoms with Crippen LogP contribution in [-0.2, 0) is 6.61 Å². The van der Waals surface area contributed by atoms with Crippen LogP contribution in [-0.4, -0.2) is 24.6 Å². The fourth-order valence-electron chi connectivity index (χ4n) is 3.57. The molecule has 1 aliphatic rings. The second-order valence-electron chi connectivity index (χ2n) is 8.28. The molecule has 1 heterocycles. The van der Waals surface area contributed by atoms with Crippen LogP contribution in [0.4, 0.5) is 0 Å². The molecule has 0 radical (unpaired) electrons. The van der Waals surface area contributed by atoms with Crippen LogP contribution in [0.3, 0.4) is 0 Å². The molecule has 3 aromatic carbocycles. The number of Topliss-reactive ketones (excluding diaryl/α,β-unsaturated/α-hetero) is 1. The van der Waals surface area contributed by atoms with Crippen molar-refractivity contribution < 1.29 is 23.7 Å². The van der Waals surface area contributed by atoms with Crippen molar-refractivity contribution in [3.8, 4) is 23.0 Å². The Kier molecular flexibility index (Phi) is 6.68. The molecule has 0 fully saturated rings. The summed E-state index contributed by atoms with van der Waals surface area (Å²) >= 11 is 0. The van der Waals surface area contributed by atoms with Crippen LogP contribution in [0.15, 0.2) is 72.8 Å². The van der Waals surface area contributed by atoms with Gasteiger partial charge in [0.25, 0.3) is 0 Å². The zero-order chi connectivity index (χ0) is 23.3. The first kappa shape index (κ1) is 22.5. The number of hydrogen-bond donors (Lipinski definition) is 0. The molecule has 0 saturated carbocycles. The van der Waals surface area contributed by atoms with E-state index in [0.29, 0.717) is 36.0 Å². The monoisotopic (exact) mass is 444 g/mol. The molecular weight excluding hydrogens is 416 g/mol. The van der Waals surface area contributed by atoms with Crippen molar-refractivity contribution in [1.29, 1.82) is 0 Å². The number of carbonyl (C=O) groups excluding carboxylic acids is 1. The standard InChI is InChI=1S/C28H28O5/c1-4-30-21-13-14-22(27(17-21)31-18-20-9-6-5-7-10-20)24(29)19-32-25-11-8-12-26-23(25)15-16-28(2,3)33-26/h5-17H,4,18-19H2,1-3H3. The molecule has 4 rings (SSSR count). The van der Waals surface area contributed by atoms with E-state index in [0.717, 1.165) is 16.9 Å². The van der Waals surface area contributed by atoms with Crippen molar-refractivity contribution in [1.82, 2.24) is 0 Å². The molecule has 1 aliphatic heterocycles. The Morgan fingerprint density at radius 2 is 1.73 bits per heavy atom. The first-order valence-corrected chi connectivity index (χ1v) is 11.1. The van der Waals surface area contributed by atoms with E-state index in [4.69, 9.17) is 18.9 Å². The number of fused-ring (bicyclic) bond motifs is 1. The molecule has 0 aliphatic carbocycles. The van der Waals surface area contributed by atoms with Crippen LogP contribution in [0, 0.1) is 0 Å². The van der Waals surface area contributed by atoms with E-state index >= 15 is 0 Å². The lowest BCUT2D eigenvalue weighted by molar-refractivity contribution is 0.0915. The van der Waals surface area contributed by atoms with Gasteiger partial charge in [-0.05, 0) is 62.8 Å². The lowest BCUT2D eigenvalue weighted by Crippen LogP contribution is -2.27. The molecular formula is C28H28O5. The molecule has 3 aromatic rings. The van der Waals surface area contributed by atoms with Gasteiger partial charge in [0.1, 0.15) is 35.2 Å². The van der Waals surface area contributed by atoms with Gasteiger partial charge >= 0.3 is 0 Å². The molecule has 5 nitrogen and oxygen atoms in total. The normalized spacial score (nSPS) is 13.5. The predicted molar refractivity (Wildman–Crippen MR) is 128 cm³/mol. The predicted octanol–water partition coefficient (Wildman–Crippen LogP) is 6.11. The number of rotatable bonds is 9. The molecule has 0 spiro atoms. The molecule has 0 bridgehead atoms. The maximum atomic E-state index is 13.1. The highest BCUT2D eigenvalue weighted by Crippen LogP contribution is 2.37. The van der Waals surface area contributed by atoms with E-state index in [2.05, 4.69) is 0 Å². The van der Waals surface area contributed by atoms with Crippen LogP contribution in [0.25, 0.3) is 6.08 Å². The van der Waals surface area contributed by atoms with Crippen LogP contribution < -0.4 is 18.9 Å². The van der Waals surface area contributed by atoms with E-state index in [-0.39, 0.29) is 18.0 Å². The average molecular weight is 445 g/mol. The number of benzene rings is 3. The molecule has 0 N–H and O–H groups in total. The topological polar surface area (TPSA) is 54.0 Å². The van der Waals surface area contributed by atoms with Crippen LogP contribution in [0.5, 0.6) is 23.0 Å². The lowest BCUT2D eigenvalue weighted by atomic mass is 10.0. The van der Waals surface area contributed by atoms with Crippen molar-refractivity contribution in [3.05, 3.63) is 89.5 Å². The van der Waals surface area contributed by atoms with Gasteiger partial charge in [0.15, 0.2) is 6.61 Å². The van der Waals surface area contributed by atoms with Crippen molar-refractivity contribution in [3.63, 3.8) is 0 Å².